The third kappa shape index (κ3) is 6.89. The number of hydrogen-bond acceptors (Lipinski definition) is 4. The third-order valence-corrected chi connectivity index (χ3v) is 3.53. The van der Waals surface area contributed by atoms with Gasteiger partial charge in [-0.1, -0.05) is 18.2 Å². The van der Waals surface area contributed by atoms with Gasteiger partial charge in [0.25, 0.3) is 0 Å². The van der Waals surface area contributed by atoms with E-state index in [9.17, 15) is 0 Å². The highest BCUT2D eigenvalue weighted by Gasteiger charge is 2.02. The second-order valence-electron chi connectivity index (χ2n) is 5.42. The smallest absolute Gasteiger partial charge is 0.191 e. The molecule has 136 valence electrons. The van der Waals surface area contributed by atoms with E-state index in [4.69, 9.17) is 13.9 Å². The molecule has 0 aliphatic carbocycles. The molecule has 0 fully saturated rings. The molecule has 2 rings (SSSR count). The van der Waals surface area contributed by atoms with Gasteiger partial charge in [0.05, 0.1) is 19.9 Å². The molecule has 0 amide bonds. The van der Waals surface area contributed by atoms with Crippen molar-refractivity contribution in [1.29, 1.82) is 0 Å². The zero-order chi connectivity index (χ0) is 17.7. The summed E-state index contributed by atoms with van der Waals surface area (Å²) in [5.74, 6) is 2.49. The molecule has 25 heavy (non-hydrogen) atoms. The van der Waals surface area contributed by atoms with Crippen molar-refractivity contribution in [2.45, 2.75) is 26.5 Å². The number of ether oxygens (including phenoxy) is 2. The SMILES string of the molecule is CCNC(=NCc1ccccc1OC)NCCCOCc1ccco1. The molecular formula is C19H27N3O3. The molecule has 0 bridgehead atoms. The molecule has 0 saturated carbocycles. The van der Waals surface area contributed by atoms with Gasteiger partial charge in [-0.05, 0) is 31.5 Å². The number of furan rings is 1. The second-order valence-corrected chi connectivity index (χ2v) is 5.42. The zero-order valence-corrected chi connectivity index (χ0v) is 15.0. The van der Waals surface area contributed by atoms with Gasteiger partial charge in [0.2, 0.25) is 0 Å². The Morgan fingerprint density at radius 3 is 2.80 bits per heavy atom. The van der Waals surface area contributed by atoms with E-state index < -0.39 is 0 Å². The van der Waals surface area contributed by atoms with Crippen LogP contribution in [0, 0.1) is 0 Å². The highest BCUT2D eigenvalue weighted by molar-refractivity contribution is 5.79. The highest BCUT2D eigenvalue weighted by Crippen LogP contribution is 2.17. The lowest BCUT2D eigenvalue weighted by Crippen LogP contribution is -2.38. The molecule has 0 aliphatic heterocycles. The molecule has 0 radical (unpaired) electrons. The molecule has 1 aromatic heterocycles. The lowest BCUT2D eigenvalue weighted by Gasteiger charge is -2.12. The van der Waals surface area contributed by atoms with Gasteiger partial charge in [-0.25, -0.2) is 4.99 Å². The predicted octanol–water partition coefficient (Wildman–Crippen LogP) is 2.95. The van der Waals surface area contributed by atoms with Crippen LogP contribution in [0.3, 0.4) is 0 Å². The van der Waals surface area contributed by atoms with Gasteiger partial charge in [-0.15, -0.1) is 0 Å². The molecule has 2 aromatic rings. The van der Waals surface area contributed by atoms with Crippen LogP contribution >= 0.6 is 0 Å². The lowest BCUT2D eigenvalue weighted by atomic mass is 10.2. The van der Waals surface area contributed by atoms with Crippen LogP contribution in [0.2, 0.25) is 0 Å². The number of nitrogens with one attached hydrogen (secondary N) is 2. The van der Waals surface area contributed by atoms with Gasteiger partial charge in [0.15, 0.2) is 5.96 Å². The number of para-hydroxylation sites is 1. The maximum absolute atomic E-state index is 5.57. The standard InChI is InChI=1S/C19H27N3O3/c1-3-20-19(22-14-16-8-4-5-10-18(16)23-2)21-11-7-12-24-15-17-9-6-13-25-17/h4-6,8-10,13H,3,7,11-12,14-15H2,1-2H3,(H2,20,21,22). The Bertz CT molecular complexity index is 627. The number of rotatable bonds is 10. The number of nitrogens with zero attached hydrogens (tertiary/aromatic N) is 1. The summed E-state index contributed by atoms with van der Waals surface area (Å²) < 4.78 is 16.2. The van der Waals surface area contributed by atoms with Gasteiger partial charge in [-0.3, -0.25) is 0 Å². The minimum atomic E-state index is 0.509. The van der Waals surface area contributed by atoms with E-state index in [2.05, 4.69) is 15.6 Å². The van der Waals surface area contributed by atoms with E-state index in [-0.39, 0.29) is 0 Å². The van der Waals surface area contributed by atoms with Crippen molar-refractivity contribution in [3.63, 3.8) is 0 Å². The molecule has 0 aliphatic rings. The summed E-state index contributed by atoms with van der Waals surface area (Å²) in [6.07, 6.45) is 2.54. The summed E-state index contributed by atoms with van der Waals surface area (Å²) in [5, 5.41) is 6.56. The van der Waals surface area contributed by atoms with Gasteiger partial charge >= 0.3 is 0 Å². The summed E-state index contributed by atoms with van der Waals surface area (Å²) >= 11 is 0. The van der Waals surface area contributed by atoms with Crippen LogP contribution in [-0.4, -0.2) is 32.8 Å². The number of guanidine groups is 1. The highest BCUT2D eigenvalue weighted by atomic mass is 16.5. The van der Waals surface area contributed by atoms with Gasteiger partial charge in [-0.2, -0.15) is 0 Å². The van der Waals surface area contributed by atoms with E-state index in [1.807, 2.05) is 43.3 Å². The molecule has 0 unspecified atom stereocenters. The first kappa shape index (κ1) is 18.9. The Kier molecular flexibility index (Phi) is 8.41. The number of benzene rings is 1. The van der Waals surface area contributed by atoms with Crippen molar-refractivity contribution in [1.82, 2.24) is 10.6 Å². The quantitative estimate of drug-likeness (QED) is 0.394. The van der Waals surface area contributed by atoms with Crippen LogP contribution < -0.4 is 15.4 Å². The summed E-state index contributed by atoms with van der Waals surface area (Å²) in [4.78, 5) is 4.61. The van der Waals surface area contributed by atoms with Crippen LogP contribution in [0.15, 0.2) is 52.1 Å². The molecule has 6 nitrogen and oxygen atoms in total. The Balaban J connectivity index is 1.72. The van der Waals surface area contributed by atoms with Gasteiger partial charge < -0.3 is 24.5 Å². The summed E-state index contributed by atoms with van der Waals surface area (Å²) in [6.45, 7) is 5.39. The zero-order valence-electron chi connectivity index (χ0n) is 15.0. The maximum Gasteiger partial charge on any atom is 0.191 e. The molecule has 2 N–H and O–H groups in total. The molecule has 6 heteroatoms. The maximum atomic E-state index is 5.57. The summed E-state index contributed by atoms with van der Waals surface area (Å²) in [7, 11) is 1.68. The molecule has 0 spiro atoms. The lowest BCUT2D eigenvalue weighted by molar-refractivity contribution is 0.105. The number of aliphatic imine (C=N–C) groups is 1. The summed E-state index contributed by atoms with van der Waals surface area (Å²) in [6, 6.07) is 11.7. The molecule has 0 atom stereocenters. The van der Waals surface area contributed by atoms with Crippen LogP contribution in [0.1, 0.15) is 24.7 Å². The van der Waals surface area contributed by atoms with Crippen molar-refractivity contribution in [2.24, 2.45) is 4.99 Å². The van der Waals surface area contributed by atoms with Gasteiger partial charge in [0.1, 0.15) is 18.1 Å². The fourth-order valence-electron chi connectivity index (χ4n) is 2.29. The van der Waals surface area contributed by atoms with Crippen molar-refractivity contribution in [2.75, 3.05) is 26.8 Å². The van der Waals surface area contributed by atoms with Crippen molar-refractivity contribution in [3.8, 4) is 5.75 Å². The Hall–Kier alpha value is -2.47. The van der Waals surface area contributed by atoms with Crippen molar-refractivity contribution >= 4 is 5.96 Å². The van der Waals surface area contributed by atoms with Gasteiger partial charge in [0, 0.05) is 25.3 Å². The van der Waals surface area contributed by atoms with E-state index in [0.717, 1.165) is 42.5 Å². The van der Waals surface area contributed by atoms with Crippen LogP contribution in [0.4, 0.5) is 0 Å². The minimum absolute atomic E-state index is 0.509. The average Bonchev–Trinajstić information content (AvgIpc) is 3.16. The van der Waals surface area contributed by atoms with E-state index >= 15 is 0 Å². The predicted molar refractivity (Wildman–Crippen MR) is 98.8 cm³/mol. The van der Waals surface area contributed by atoms with E-state index in [1.165, 1.54) is 0 Å². The third-order valence-electron chi connectivity index (χ3n) is 3.53. The fraction of sp³-hybridized carbons (Fsp3) is 0.421. The molecule has 1 aromatic carbocycles. The van der Waals surface area contributed by atoms with E-state index in [0.29, 0.717) is 19.8 Å². The van der Waals surface area contributed by atoms with Crippen LogP contribution in [0.25, 0.3) is 0 Å². The first-order chi connectivity index (χ1) is 12.3. The molecule has 0 saturated heterocycles. The van der Waals surface area contributed by atoms with Crippen molar-refractivity contribution < 1.29 is 13.9 Å². The Morgan fingerprint density at radius 2 is 2.04 bits per heavy atom. The number of methoxy groups -OCH3 is 1. The normalized spacial score (nSPS) is 11.4. The fourth-order valence-corrected chi connectivity index (χ4v) is 2.29. The summed E-state index contributed by atoms with van der Waals surface area (Å²) in [5.41, 5.74) is 1.06. The first-order valence-corrected chi connectivity index (χ1v) is 8.57. The topological polar surface area (TPSA) is 68.0 Å². The average molecular weight is 345 g/mol. The Morgan fingerprint density at radius 1 is 1.16 bits per heavy atom. The molecular weight excluding hydrogens is 318 g/mol. The van der Waals surface area contributed by atoms with Crippen LogP contribution in [-0.2, 0) is 17.9 Å². The monoisotopic (exact) mass is 345 g/mol. The Labute approximate surface area is 149 Å². The minimum Gasteiger partial charge on any atom is -0.496 e. The van der Waals surface area contributed by atoms with Crippen LogP contribution in [0.5, 0.6) is 5.75 Å². The molecule has 1 heterocycles. The van der Waals surface area contributed by atoms with Crippen molar-refractivity contribution in [3.05, 3.63) is 54.0 Å². The second kappa shape index (κ2) is 11.1. The first-order valence-electron chi connectivity index (χ1n) is 8.57. The number of hydrogen-bond donors (Lipinski definition) is 2. The van der Waals surface area contributed by atoms with E-state index in [1.54, 1.807) is 13.4 Å². The largest absolute Gasteiger partial charge is 0.496 e.